The summed E-state index contributed by atoms with van der Waals surface area (Å²) in [4.78, 5) is 6.32. The van der Waals surface area contributed by atoms with E-state index in [1.54, 1.807) is 6.20 Å². The Hall–Kier alpha value is -1.94. The molecule has 2 atom stereocenters. The van der Waals surface area contributed by atoms with Crippen molar-refractivity contribution in [3.05, 3.63) is 66.0 Å². The summed E-state index contributed by atoms with van der Waals surface area (Å²) in [6.45, 7) is 0. The lowest BCUT2D eigenvalue weighted by atomic mass is 9.95. The molecule has 1 N–H and O–H groups in total. The summed E-state index contributed by atoms with van der Waals surface area (Å²) in [5.41, 5.74) is 2.41. The average molecular weight is 269 g/mol. The van der Waals surface area contributed by atoms with E-state index in [0.717, 1.165) is 5.11 Å². The number of hydrogen-bond donors (Lipinski definition) is 1. The van der Waals surface area contributed by atoms with Gasteiger partial charge in [0, 0.05) is 19.4 Å². The minimum Gasteiger partial charge on any atom is -0.353 e. The second-order valence-corrected chi connectivity index (χ2v) is 5.07. The Morgan fingerprint density at radius 1 is 1.11 bits per heavy atom. The Labute approximate surface area is 118 Å². The van der Waals surface area contributed by atoms with Gasteiger partial charge in [-0.05, 0) is 29.4 Å². The van der Waals surface area contributed by atoms with E-state index in [9.17, 15) is 0 Å². The predicted octanol–water partition coefficient (Wildman–Crippen LogP) is 2.68. The van der Waals surface area contributed by atoms with E-state index in [1.165, 1.54) is 11.1 Å². The van der Waals surface area contributed by atoms with Crippen LogP contribution < -0.4 is 5.32 Å². The molecule has 0 bridgehead atoms. The molecule has 0 spiro atoms. The van der Waals surface area contributed by atoms with E-state index in [4.69, 9.17) is 12.2 Å². The monoisotopic (exact) mass is 269 g/mol. The fourth-order valence-corrected chi connectivity index (χ4v) is 2.80. The highest BCUT2D eigenvalue weighted by Crippen LogP contribution is 2.37. The maximum atomic E-state index is 5.39. The third-order valence-electron chi connectivity index (χ3n) is 3.52. The Kier molecular flexibility index (Phi) is 3.17. The zero-order valence-corrected chi connectivity index (χ0v) is 11.5. The highest BCUT2D eigenvalue weighted by Gasteiger charge is 2.36. The van der Waals surface area contributed by atoms with Crippen LogP contribution in [0.5, 0.6) is 0 Å². The Balaban J connectivity index is 2.01. The van der Waals surface area contributed by atoms with Crippen molar-refractivity contribution in [3.63, 3.8) is 0 Å². The minimum atomic E-state index is 0.169. The number of pyridine rings is 1. The van der Waals surface area contributed by atoms with Crippen LogP contribution in [-0.2, 0) is 0 Å². The summed E-state index contributed by atoms with van der Waals surface area (Å²) < 4.78 is 0. The zero-order chi connectivity index (χ0) is 13.2. The average Bonchev–Trinajstić information content (AvgIpc) is 2.77. The minimum absolute atomic E-state index is 0.169. The van der Waals surface area contributed by atoms with Crippen LogP contribution in [0, 0.1) is 0 Å². The summed E-state index contributed by atoms with van der Waals surface area (Å²) in [7, 11) is 2.02. The lowest BCUT2D eigenvalue weighted by molar-refractivity contribution is 0.371. The van der Waals surface area contributed by atoms with Crippen molar-refractivity contribution in [2.45, 2.75) is 12.1 Å². The molecule has 1 aromatic carbocycles. The van der Waals surface area contributed by atoms with Crippen molar-refractivity contribution in [2.24, 2.45) is 0 Å². The van der Waals surface area contributed by atoms with Crippen LogP contribution in [0.1, 0.15) is 23.2 Å². The second-order valence-electron chi connectivity index (χ2n) is 4.68. The Morgan fingerprint density at radius 3 is 2.53 bits per heavy atom. The molecule has 0 radical (unpaired) electrons. The third kappa shape index (κ3) is 2.19. The van der Waals surface area contributed by atoms with Crippen LogP contribution >= 0.6 is 12.2 Å². The van der Waals surface area contributed by atoms with Gasteiger partial charge in [-0.2, -0.15) is 0 Å². The van der Waals surface area contributed by atoms with E-state index in [0.29, 0.717) is 0 Å². The molecule has 2 aromatic rings. The van der Waals surface area contributed by atoms with E-state index >= 15 is 0 Å². The molecule has 3 nitrogen and oxygen atoms in total. The molecule has 2 heterocycles. The molecule has 0 aliphatic carbocycles. The third-order valence-corrected chi connectivity index (χ3v) is 3.92. The van der Waals surface area contributed by atoms with Crippen LogP contribution in [0.15, 0.2) is 54.9 Å². The summed E-state index contributed by atoms with van der Waals surface area (Å²) in [6.07, 6.45) is 3.70. The summed E-state index contributed by atoms with van der Waals surface area (Å²) in [5, 5.41) is 4.18. The van der Waals surface area contributed by atoms with Gasteiger partial charge in [0.25, 0.3) is 0 Å². The molecule has 1 aromatic heterocycles. The molecule has 19 heavy (non-hydrogen) atoms. The second kappa shape index (κ2) is 4.97. The van der Waals surface area contributed by atoms with Gasteiger partial charge >= 0.3 is 0 Å². The largest absolute Gasteiger partial charge is 0.353 e. The summed E-state index contributed by atoms with van der Waals surface area (Å²) in [5.74, 6) is 0. The summed E-state index contributed by atoms with van der Waals surface area (Å²) >= 11 is 5.39. The molecule has 1 saturated heterocycles. The quantitative estimate of drug-likeness (QED) is 0.849. The molecular formula is C15H15N3S. The summed E-state index contributed by atoms with van der Waals surface area (Å²) in [6, 6.07) is 14.8. The van der Waals surface area contributed by atoms with Crippen LogP contribution in [0.2, 0.25) is 0 Å². The van der Waals surface area contributed by atoms with Gasteiger partial charge in [-0.1, -0.05) is 36.4 Å². The Bertz CT molecular complexity index is 570. The van der Waals surface area contributed by atoms with Crippen LogP contribution in [0.25, 0.3) is 0 Å². The number of nitrogens with zero attached hydrogens (tertiary/aromatic N) is 2. The van der Waals surface area contributed by atoms with Gasteiger partial charge < -0.3 is 10.2 Å². The fraction of sp³-hybridized carbons (Fsp3) is 0.200. The standard InChI is InChI=1S/C15H15N3S/c1-18-14(12-8-5-9-16-10-12)13(17-15(18)19)11-6-3-2-4-7-11/h2-10,13-14H,1H3,(H,17,19). The first kappa shape index (κ1) is 12.1. The van der Waals surface area contributed by atoms with Gasteiger partial charge in [-0.3, -0.25) is 4.98 Å². The highest BCUT2D eigenvalue weighted by molar-refractivity contribution is 7.80. The van der Waals surface area contributed by atoms with Gasteiger partial charge in [-0.15, -0.1) is 0 Å². The fourth-order valence-electron chi connectivity index (χ4n) is 2.56. The molecule has 1 aliphatic rings. The van der Waals surface area contributed by atoms with E-state index < -0.39 is 0 Å². The highest BCUT2D eigenvalue weighted by atomic mass is 32.1. The van der Waals surface area contributed by atoms with Gasteiger partial charge in [0.2, 0.25) is 0 Å². The van der Waals surface area contributed by atoms with Crippen LogP contribution in [-0.4, -0.2) is 22.0 Å². The number of hydrogen-bond acceptors (Lipinski definition) is 2. The molecule has 3 rings (SSSR count). The normalized spacial score (nSPS) is 22.4. The zero-order valence-electron chi connectivity index (χ0n) is 10.7. The smallest absolute Gasteiger partial charge is 0.169 e. The topological polar surface area (TPSA) is 28.2 Å². The number of rotatable bonds is 2. The molecule has 0 saturated carbocycles. The van der Waals surface area contributed by atoms with Crippen LogP contribution in [0.3, 0.4) is 0 Å². The lowest BCUT2D eigenvalue weighted by Gasteiger charge is -2.24. The number of aromatic nitrogens is 1. The maximum absolute atomic E-state index is 5.39. The number of likely N-dealkylation sites (N-methyl/N-ethyl adjacent to an activating group) is 1. The van der Waals surface area contributed by atoms with E-state index in [-0.39, 0.29) is 12.1 Å². The van der Waals surface area contributed by atoms with E-state index in [2.05, 4.69) is 45.5 Å². The van der Waals surface area contributed by atoms with Crippen molar-refractivity contribution >= 4 is 17.3 Å². The molecular weight excluding hydrogens is 254 g/mol. The first-order valence-electron chi connectivity index (χ1n) is 6.25. The molecule has 1 aliphatic heterocycles. The first-order chi connectivity index (χ1) is 9.27. The first-order valence-corrected chi connectivity index (χ1v) is 6.66. The molecule has 0 amide bonds. The Morgan fingerprint density at radius 2 is 1.84 bits per heavy atom. The molecule has 1 fully saturated rings. The van der Waals surface area contributed by atoms with Gasteiger partial charge in [0.05, 0.1) is 12.1 Å². The number of thiocarbonyl (C=S) groups is 1. The number of nitrogens with one attached hydrogen (secondary N) is 1. The van der Waals surface area contributed by atoms with Crippen molar-refractivity contribution in [1.82, 2.24) is 15.2 Å². The van der Waals surface area contributed by atoms with Gasteiger partial charge in [-0.25, -0.2) is 0 Å². The van der Waals surface area contributed by atoms with Crippen molar-refractivity contribution in [3.8, 4) is 0 Å². The number of benzene rings is 1. The molecule has 96 valence electrons. The maximum Gasteiger partial charge on any atom is 0.169 e. The molecule has 2 unspecified atom stereocenters. The van der Waals surface area contributed by atoms with E-state index in [1.807, 2.05) is 25.4 Å². The lowest BCUT2D eigenvalue weighted by Crippen LogP contribution is -2.24. The van der Waals surface area contributed by atoms with Crippen molar-refractivity contribution in [1.29, 1.82) is 0 Å². The van der Waals surface area contributed by atoms with Crippen molar-refractivity contribution in [2.75, 3.05) is 7.05 Å². The van der Waals surface area contributed by atoms with Gasteiger partial charge in [0.15, 0.2) is 5.11 Å². The van der Waals surface area contributed by atoms with Crippen LogP contribution in [0.4, 0.5) is 0 Å². The predicted molar refractivity (Wildman–Crippen MR) is 79.7 cm³/mol. The van der Waals surface area contributed by atoms with Gasteiger partial charge in [0.1, 0.15) is 0 Å². The van der Waals surface area contributed by atoms with Crippen molar-refractivity contribution < 1.29 is 0 Å². The SMILES string of the molecule is CN1C(=S)NC(c2ccccc2)C1c1cccnc1. The molecule has 4 heteroatoms.